The maximum absolute atomic E-state index is 2.63. The topological polar surface area (TPSA) is 3.24 Å². The molecule has 3 unspecified atom stereocenters. The molecule has 4 aliphatic carbocycles. The highest BCUT2D eigenvalue weighted by molar-refractivity contribution is 6.00. The number of benzene rings is 7. The number of rotatable bonds is 6. The third-order valence-electron chi connectivity index (χ3n) is 14.5. The number of hydrogen-bond acceptors (Lipinski definition) is 1. The van der Waals surface area contributed by atoms with Gasteiger partial charge in [-0.1, -0.05) is 143 Å². The highest BCUT2D eigenvalue weighted by Gasteiger charge is 2.41. The molecule has 11 rings (SSSR count). The van der Waals surface area contributed by atoms with Gasteiger partial charge in [0.1, 0.15) is 0 Å². The van der Waals surface area contributed by atoms with Gasteiger partial charge in [-0.05, 0) is 158 Å². The van der Waals surface area contributed by atoms with E-state index in [9.17, 15) is 0 Å². The molecule has 0 heterocycles. The van der Waals surface area contributed by atoms with Crippen molar-refractivity contribution >= 4 is 38.6 Å². The molecule has 0 amide bonds. The van der Waals surface area contributed by atoms with Crippen LogP contribution in [0.25, 0.3) is 43.8 Å². The molecule has 3 saturated carbocycles. The lowest BCUT2D eigenvalue weighted by Crippen LogP contribution is -2.19. The summed E-state index contributed by atoms with van der Waals surface area (Å²) in [4.78, 5) is 2.63. The summed E-state index contributed by atoms with van der Waals surface area (Å²) in [7, 11) is 0. The zero-order valence-electron chi connectivity index (χ0n) is 32.4. The Hall–Kier alpha value is -5.14. The van der Waals surface area contributed by atoms with Gasteiger partial charge < -0.3 is 4.90 Å². The van der Waals surface area contributed by atoms with Gasteiger partial charge in [-0.25, -0.2) is 0 Å². The Kier molecular flexibility index (Phi) is 7.84. The average molecular weight is 714 g/mol. The molecule has 0 aliphatic heterocycles. The summed E-state index contributed by atoms with van der Waals surface area (Å²) in [5.41, 5.74) is 15.0. The van der Waals surface area contributed by atoms with Gasteiger partial charge in [0.05, 0.1) is 5.69 Å². The SMILES string of the molecule is CC1(C)c2cc(N(c3ccc(C4CC5CCC4C5)cc3)c3cc4ccccc4cc3C3CCCCC3)ccc2-c2cccc(-c3cccc4ccccc34)c21. The van der Waals surface area contributed by atoms with Gasteiger partial charge in [0, 0.05) is 16.8 Å². The molecule has 0 radical (unpaired) electrons. The normalized spacial score (nSPS) is 21.2. The fourth-order valence-electron chi connectivity index (χ4n) is 11.8. The number of fused-ring (bicyclic) bond motifs is 7. The molecule has 0 spiro atoms. The van der Waals surface area contributed by atoms with E-state index in [1.165, 1.54) is 135 Å². The summed E-state index contributed by atoms with van der Waals surface area (Å²) in [6, 6.07) is 53.9. The van der Waals surface area contributed by atoms with E-state index in [0.717, 1.165) is 17.8 Å². The number of anilines is 3. The quantitative estimate of drug-likeness (QED) is 0.166. The summed E-state index contributed by atoms with van der Waals surface area (Å²) < 4.78 is 0. The van der Waals surface area contributed by atoms with E-state index in [1.807, 2.05) is 0 Å². The van der Waals surface area contributed by atoms with Crippen LogP contribution in [-0.4, -0.2) is 0 Å². The summed E-state index contributed by atoms with van der Waals surface area (Å²) >= 11 is 0. The first-order valence-corrected chi connectivity index (χ1v) is 21.2. The van der Waals surface area contributed by atoms with E-state index in [-0.39, 0.29) is 5.41 Å². The molecule has 0 saturated heterocycles. The highest BCUT2D eigenvalue weighted by Crippen LogP contribution is 2.56. The first kappa shape index (κ1) is 33.2. The van der Waals surface area contributed by atoms with E-state index >= 15 is 0 Å². The second kappa shape index (κ2) is 13.0. The van der Waals surface area contributed by atoms with Gasteiger partial charge in [0.2, 0.25) is 0 Å². The summed E-state index contributed by atoms with van der Waals surface area (Å²) in [6.07, 6.45) is 12.2. The van der Waals surface area contributed by atoms with Crippen molar-refractivity contribution in [1.29, 1.82) is 0 Å². The highest BCUT2D eigenvalue weighted by atomic mass is 15.1. The van der Waals surface area contributed by atoms with E-state index in [1.54, 1.807) is 5.56 Å². The van der Waals surface area contributed by atoms with Crippen molar-refractivity contribution in [3.8, 4) is 22.3 Å². The average Bonchev–Trinajstić information content (AvgIpc) is 3.94. The van der Waals surface area contributed by atoms with Crippen molar-refractivity contribution in [1.82, 2.24) is 0 Å². The molecule has 272 valence electrons. The third kappa shape index (κ3) is 5.41. The van der Waals surface area contributed by atoms with Crippen molar-refractivity contribution in [2.45, 2.75) is 88.9 Å². The molecule has 3 fully saturated rings. The van der Waals surface area contributed by atoms with Gasteiger partial charge in [-0.2, -0.15) is 0 Å². The first-order chi connectivity index (χ1) is 27.0. The Morgan fingerprint density at radius 1 is 0.527 bits per heavy atom. The van der Waals surface area contributed by atoms with Crippen LogP contribution < -0.4 is 4.90 Å². The molecule has 0 aromatic heterocycles. The zero-order valence-corrected chi connectivity index (χ0v) is 32.4. The lowest BCUT2D eigenvalue weighted by Gasteiger charge is -2.33. The van der Waals surface area contributed by atoms with Crippen molar-refractivity contribution in [2.24, 2.45) is 11.8 Å². The molecular weight excluding hydrogens is 663 g/mol. The summed E-state index contributed by atoms with van der Waals surface area (Å²) in [6.45, 7) is 4.90. The second-order valence-corrected chi connectivity index (χ2v) is 17.9. The minimum atomic E-state index is -0.179. The van der Waals surface area contributed by atoms with E-state index in [4.69, 9.17) is 0 Å². The molecule has 2 bridgehead atoms. The molecule has 0 N–H and O–H groups in total. The first-order valence-electron chi connectivity index (χ1n) is 21.2. The standard InChI is InChI=1S/C54H51N/c1-54(2)51-34-43(28-29-46(51)48-21-11-20-47(53(48)54)45-19-10-17-36-14-8-9-18-44(36)45)55(42-26-24-38(25-27-42)49-31-35-22-23-41(49)30-35)52-33-40-16-7-6-15-39(40)32-50(52)37-12-4-3-5-13-37/h6-11,14-21,24-29,32-35,37,41,49H,3-5,12-13,22-23,30-31H2,1-2H3. The van der Waals surface area contributed by atoms with E-state index < -0.39 is 0 Å². The maximum atomic E-state index is 2.63. The minimum absolute atomic E-state index is 0.179. The monoisotopic (exact) mass is 713 g/mol. The van der Waals surface area contributed by atoms with Crippen LogP contribution in [0.3, 0.4) is 0 Å². The molecular formula is C54H51N. The Balaban J connectivity index is 1.08. The number of nitrogens with zero attached hydrogens (tertiary/aromatic N) is 1. The predicted octanol–water partition coefficient (Wildman–Crippen LogP) is 15.4. The van der Waals surface area contributed by atoms with Crippen LogP contribution in [0.1, 0.15) is 106 Å². The Bertz CT molecular complexity index is 2580. The molecule has 3 atom stereocenters. The van der Waals surface area contributed by atoms with Crippen LogP contribution in [0, 0.1) is 11.8 Å². The van der Waals surface area contributed by atoms with Crippen LogP contribution in [0.4, 0.5) is 17.1 Å². The fraction of sp³-hybridized carbons (Fsp3) is 0.296. The van der Waals surface area contributed by atoms with Crippen LogP contribution in [0.15, 0.2) is 140 Å². The minimum Gasteiger partial charge on any atom is -0.310 e. The van der Waals surface area contributed by atoms with Gasteiger partial charge in [-0.15, -0.1) is 0 Å². The molecule has 7 aromatic carbocycles. The maximum Gasteiger partial charge on any atom is 0.0502 e. The van der Waals surface area contributed by atoms with Gasteiger partial charge in [-0.3, -0.25) is 0 Å². The number of hydrogen-bond donors (Lipinski definition) is 0. The molecule has 1 nitrogen and oxygen atoms in total. The van der Waals surface area contributed by atoms with Gasteiger partial charge in [0.15, 0.2) is 0 Å². The molecule has 55 heavy (non-hydrogen) atoms. The smallest absolute Gasteiger partial charge is 0.0502 e. The second-order valence-electron chi connectivity index (χ2n) is 17.9. The van der Waals surface area contributed by atoms with Crippen LogP contribution in [0.5, 0.6) is 0 Å². The van der Waals surface area contributed by atoms with Crippen LogP contribution in [-0.2, 0) is 5.41 Å². The van der Waals surface area contributed by atoms with Crippen molar-refractivity contribution in [2.75, 3.05) is 4.90 Å². The van der Waals surface area contributed by atoms with Crippen molar-refractivity contribution in [3.05, 3.63) is 162 Å². The third-order valence-corrected chi connectivity index (χ3v) is 14.5. The lowest BCUT2D eigenvalue weighted by atomic mass is 9.78. The summed E-state index contributed by atoms with van der Waals surface area (Å²) in [5.74, 6) is 3.13. The Labute approximate surface area is 327 Å². The zero-order chi connectivity index (χ0) is 36.7. The largest absolute Gasteiger partial charge is 0.310 e. The van der Waals surface area contributed by atoms with Crippen LogP contribution in [0.2, 0.25) is 0 Å². The van der Waals surface area contributed by atoms with Gasteiger partial charge >= 0.3 is 0 Å². The van der Waals surface area contributed by atoms with Crippen LogP contribution >= 0.6 is 0 Å². The lowest BCUT2D eigenvalue weighted by molar-refractivity contribution is 0.420. The van der Waals surface area contributed by atoms with E-state index in [0.29, 0.717) is 5.92 Å². The van der Waals surface area contributed by atoms with Crippen molar-refractivity contribution < 1.29 is 0 Å². The molecule has 7 aromatic rings. The summed E-state index contributed by atoms with van der Waals surface area (Å²) in [5, 5.41) is 5.27. The molecule has 1 heteroatoms. The molecule has 4 aliphatic rings. The predicted molar refractivity (Wildman–Crippen MR) is 233 cm³/mol. The van der Waals surface area contributed by atoms with Crippen molar-refractivity contribution in [3.63, 3.8) is 0 Å². The van der Waals surface area contributed by atoms with Gasteiger partial charge in [0.25, 0.3) is 0 Å². The van der Waals surface area contributed by atoms with E-state index in [2.05, 4.69) is 158 Å². The Morgan fingerprint density at radius 2 is 1.20 bits per heavy atom. The fourth-order valence-corrected chi connectivity index (χ4v) is 11.8. The Morgan fingerprint density at radius 3 is 1.96 bits per heavy atom.